The molecule has 0 bridgehead atoms. The highest BCUT2D eigenvalue weighted by Crippen LogP contribution is 2.31. The monoisotopic (exact) mass is 480 g/mol. The van der Waals surface area contributed by atoms with Crippen LogP contribution in [-0.2, 0) is 7.05 Å². The zero-order valence-corrected chi connectivity index (χ0v) is 20.6. The van der Waals surface area contributed by atoms with Gasteiger partial charge in [-0.1, -0.05) is 0 Å². The molecular weight excluding hydrogens is 452 g/mol. The third kappa shape index (κ3) is 4.07. The average Bonchev–Trinajstić information content (AvgIpc) is 3.25. The number of aromatic nitrogens is 5. The van der Waals surface area contributed by atoms with Gasteiger partial charge in [-0.15, -0.1) is 0 Å². The molecule has 0 spiro atoms. The number of hydrogen-bond acceptors (Lipinski definition) is 8. The molecule has 0 amide bonds. The molecule has 9 heteroatoms. The van der Waals surface area contributed by atoms with Crippen molar-refractivity contribution in [2.75, 3.05) is 30.3 Å². The number of nitrogens with two attached hydrogens (primary N) is 1. The van der Waals surface area contributed by atoms with Crippen molar-refractivity contribution in [3.63, 3.8) is 0 Å². The van der Waals surface area contributed by atoms with Gasteiger partial charge in [-0.2, -0.15) is 0 Å². The quantitative estimate of drug-likeness (QED) is 0.397. The molecule has 36 heavy (non-hydrogen) atoms. The van der Waals surface area contributed by atoms with Gasteiger partial charge in [0.25, 0.3) is 0 Å². The fourth-order valence-corrected chi connectivity index (χ4v) is 4.68. The van der Waals surface area contributed by atoms with Crippen molar-refractivity contribution in [1.82, 2.24) is 29.8 Å². The van der Waals surface area contributed by atoms with Gasteiger partial charge in [0.05, 0.1) is 22.9 Å². The molecule has 182 valence electrons. The number of fused-ring (bicyclic) bond motifs is 2. The molecule has 2 aromatic carbocycles. The zero-order valence-electron chi connectivity index (χ0n) is 20.6. The van der Waals surface area contributed by atoms with Crippen molar-refractivity contribution >= 4 is 33.7 Å². The Morgan fingerprint density at radius 3 is 2.75 bits per heavy atom. The number of imidazole rings is 1. The number of nitrogens with zero attached hydrogens (tertiary/aromatic N) is 6. The SMILES string of the molecule is Cc1cc(-c2nc(N)c3nc(N4CCN[C@H](C)C4)ccc3n2)ccc1Oc1ccc2c(c1)ncn2C. The molecule has 0 aliphatic carbocycles. The van der Waals surface area contributed by atoms with Gasteiger partial charge in [0.15, 0.2) is 11.6 Å². The van der Waals surface area contributed by atoms with Crippen LogP contribution in [0.4, 0.5) is 11.6 Å². The van der Waals surface area contributed by atoms with Crippen LogP contribution in [0.2, 0.25) is 0 Å². The van der Waals surface area contributed by atoms with E-state index in [4.69, 9.17) is 20.4 Å². The van der Waals surface area contributed by atoms with Crippen LogP contribution in [0.3, 0.4) is 0 Å². The zero-order chi connectivity index (χ0) is 24.8. The Kier molecular flexibility index (Phi) is 5.41. The number of anilines is 2. The molecule has 0 radical (unpaired) electrons. The Hall–Kier alpha value is -4.24. The van der Waals surface area contributed by atoms with Crippen LogP contribution < -0.4 is 20.7 Å². The smallest absolute Gasteiger partial charge is 0.162 e. The molecule has 1 atom stereocenters. The second-order valence-electron chi connectivity index (χ2n) is 9.36. The average molecular weight is 481 g/mol. The Bertz CT molecular complexity index is 1590. The van der Waals surface area contributed by atoms with E-state index in [2.05, 4.69) is 27.1 Å². The first-order chi connectivity index (χ1) is 17.4. The summed E-state index contributed by atoms with van der Waals surface area (Å²) in [7, 11) is 1.97. The van der Waals surface area contributed by atoms with Crippen molar-refractivity contribution in [3.8, 4) is 22.9 Å². The lowest BCUT2D eigenvalue weighted by atomic mass is 10.1. The van der Waals surface area contributed by atoms with E-state index in [1.54, 1.807) is 6.33 Å². The number of aryl methyl sites for hydroxylation is 2. The number of benzene rings is 2. The predicted octanol–water partition coefficient (Wildman–Crippen LogP) is 4.06. The third-order valence-electron chi connectivity index (χ3n) is 6.61. The van der Waals surface area contributed by atoms with Gasteiger partial charge in [0, 0.05) is 44.4 Å². The molecule has 1 saturated heterocycles. The first-order valence-electron chi connectivity index (χ1n) is 12.1. The number of hydrogen-bond donors (Lipinski definition) is 2. The van der Waals surface area contributed by atoms with Crippen LogP contribution in [0.1, 0.15) is 12.5 Å². The van der Waals surface area contributed by atoms with E-state index in [9.17, 15) is 0 Å². The molecule has 3 N–H and O–H groups in total. The molecule has 1 aliphatic rings. The summed E-state index contributed by atoms with van der Waals surface area (Å²) in [6.07, 6.45) is 1.80. The van der Waals surface area contributed by atoms with Gasteiger partial charge in [0.2, 0.25) is 0 Å². The van der Waals surface area contributed by atoms with Gasteiger partial charge >= 0.3 is 0 Å². The summed E-state index contributed by atoms with van der Waals surface area (Å²) in [4.78, 5) is 20.8. The van der Waals surface area contributed by atoms with E-state index in [0.717, 1.165) is 64.6 Å². The van der Waals surface area contributed by atoms with E-state index in [1.807, 2.05) is 67.1 Å². The van der Waals surface area contributed by atoms with E-state index < -0.39 is 0 Å². The Morgan fingerprint density at radius 2 is 1.92 bits per heavy atom. The number of nitrogen functional groups attached to an aromatic ring is 1. The van der Waals surface area contributed by atoms with E-state index >= 15 is 0 Å². The summed E-state index contributed by atoms with van der Waals surface area (Å²) in [6, 6.07) is 16.2. The molecule has 4 heterocycles. The normalized spacial score (nSPS) is 16.1. The van der Waals surface area contributed by atoms with Gasteiger partial charge < -0.3 is 25.3 Å². The summed E-state index contributed by atoms with van der Waals surface area (Å²) in [5, 5.41) is 3.45. The molecule has 6 rings (SSSR count). The maximum atomic E-state index is 6.36. The highest BCUT2D eigenvalue weighted by molar-refractivity contribution is 5.87. The Labute approximate surface area is 209 Å². The Balaban J connectivity index is 1.27. The van der Waals surface area contributed by atoms with Gasteiger partial charge in [-0.05, 0) is 61.9 Å². The van der Waals surface area contributed by atoms with Crippen molar-refractivity contribution < 1.29 is 4.74 Å². The van der Waals surface area contributed by atoms with Crippen LogP contribution in [0, 0.1) is 6.92 Å². The molecular formula is C27H28N8O. The molecule has 0 saturated carbocycles. The standard InChI is InChI=1S/C27H28N8O/c1-16-12-18(4-8-23(16)36-19-5-7-22-21(13-19)30-15-34(22)3)27-31-20-6-9-24(32-25(20)26(28)33-27)35-11-10-29-17(2)14-35/h4-9,12-13,15,17,29H,10-11,14H2,1-3H3,(H2,28,31,33)/t17-/m1/s1. The first-order valence-corrected chi connectivity index (χ1v) is 12.1. The van der Waals surface area contributed by atoms with Gasteiger partial charge in [-0.3, -0.25) is 0 Å². The van der Waals surface area contributed by atoms with Crippen molar-refractivity contribution in [1.29, 1.82) is 0 Å². The lowest BCUT2D eigenvalue weighted by molar-refractivity contribution is 0.479. The Morgan fingerprint density at radius 1 is 1.03 bits per heavy atom. The maximum Gasteiger partial charge on any atom is 0.162 e. The van der Waals surface area contributed by atoms with Gasteiger partial charge in [-0.25, -0.2) is 19.9 Å². The van der Waals surface area contributed by atoms with Crippen LogP contribution in [0.15, 0.2) is 54.9 Å². The summed E-state index contributed by atoms with van der Waals surface area (Å²) in [5.74, 6) is 3.35. The lowest BCUT2D eigenvalue weighted by Crippen LogP contribution is -2.49. The van der Waals surface area contributed by atoms with E-state index in [1.165, 1.54) is 0 Å². The van der Waals surface area contributed by atoms with Crippen LogP contribution in [0.5, 0.6) is 11.5 Å². The second kappa shape index (κ2) is 8.76. The highest BCUT2D eigenvalue weighted by atomic mass is 16.5. The molecule has 1 aliphatic heterocycles. The molecule has 5 aromatic rings. The highest BCUT2D eigenvalue weighted by Gasteiger charge is 2.18. The van der Waals surface area contributed by atoms with E-state index in [0.29, 0.717) is 23.2 Å². The fraction of sp³-hybridized carbons (Fsp3) is 0.259. The second-order valence-corrected chi connectivity index (χ2v) is 9.36. The molecule has 0 unspecified atom stereocenters. The van der Waals surface area contributed by atoms with Crippen LogP contribution in [-0.4, -0.2) is 50.2 Å². The summed E-state index contributed by atoms with van der Waals surface area (Å²) in [5.41, 5.74) is 11.5. The first kappa shape index (κ1) is 22.2. The van der Waals surface area contributed by atoms with Crippen molar-refractivity contribution in [3.05, 3.63) is 60.4 Å². The summed E-state index contributed by atoms with van der Waals surface area (Å²) in [6.45, 7) is 6.92. The predicted molar refractivity (Wildman–Crippen MR) is 142 cm³/mol. The number of piperazine rings is 1. The summed E-state index contributed by atoms with van der Waals surface area (Å²) < 4.78 is 8.14. The largest absolute Gasteiger partial charge is 0.457 e. The molecule has 1 fully saturated rings. The maximum absolute atomic E-state index is 6.36. The fourth-order valence-electron chi connectivity index (χ4n) is 4.68. The topological polar surface area (TPSA) is 107 Å². The number of rotatable bonds is 4. The molecule has 9 nitrogen and oxygen atoms in total. The third-order valence-corrected chi connectivity index (χ3v) is 6.61. The number of pyridine rings is 1. The molecule has 3 aromatic heterocycles. The lowest BCUT2D eigenvalue weighted by Gasteiger charge is -2.32. The van der Waals surface area contributed by atoms with Crippen molar-refractivity contribution in [2.24, 2.45) is 7.05 Å². The van der Waals surface area contributed by atoms with Crippen molar-refractivity contribution in [2.45, 2.75) is 19.9 Å². The number of ether oxygens (including phenoxy) is 1. The van der Waals surface area contributed by atoms with E-state index in [-0.39, 0.29) is 0 Å². The van der Waals surface area contributed by atoms with Crippen LogP contribution >= 0.6 is 0 Å². The van der Waals surface area contributed by atoms with Crippen LogP contribution in [0.25, 0.3) is 33.5 Å². The minimum absolute atomic E-state index is 0.377. The summed E-state index contributed by atoms with van der Waals surface area (Å²) >= 11 is 0. The minimum atomic E-state index is 0.377. The number of nitrogens with one attached hydrogen (secondary N) is 1. The van der Waals surface area contributed by atoms with Gasteiger partial charge in [0.1, 0.15) is 22.8 Å². The minimum Gasteiger partial charge on any atom is -0.457 e.